The lowest BCUT2D eigenvalue weighted by Crippen LogP contribution is -2.52. The summed E-state index contributed by atoms with van der Waals surface area (Å²) in [6.07, 6.45) is -1.25. The van der Waals surface area contributed by atoms with Crippen LogP contribution >= 0.6 is 11.6 Å². The fraction of sp³-hybridized carbons (Fsp3) is 0.355. The number of aryl methyl sites for hydroxylation is 1. The van der Waals surface area contributed by atoms with Crippen molar-refractivity contribution in [3.05, 3.63) is 94.5 Å². The van der Waals surface area contributed by atoms with E-state index in [-0.39, 0.29) is 17.5 Å². The van der Waals surface area contributed by atoms with Gasteiger partial charge in [-0.3, -0.25) is 13.9 Å². The van der Waals surface area contributed by atoms with Crippen LogP contribution in [0.3, 0.4) is 0 Å². The lowest BCUT2D eigenvalue weighted by atomic mass is 10.1. The van der Waals surface area contributed by atoms with Gasteiger partial charge in [0.1, 0.15) is 12.6 Å². The van der Waals surface area contributed by atoms with Gasteiger partial charge in [0.05, 0.1) is 21.2 Å². The first-order chi connectivity index (χ1) is 20.3. The van der Waals surface area contributed by atoms with E-state index in [1.807, 2.05) is 0 Å². The van der Waals surface area contributed by atoms with Gasteiger partial charge in [-0.1, -0.05) is 72.5 Å². The Bertz CT molecular complexity index is 1540. The monoisotopic (exact) mass is 635 g/mol. The van der Waals surface area contributed by atoms with E-state index in [9.17, 15) is 31.2 Å². The summed E-state index contributed by atoms with van der Waals surface area (Å²) in [5.41, 5.74) is -0.180. The zero-order valence-electron chi connectivity index (χ0n) is 23.8. The first-order valence-corrected chi connectivity index (χ1v) is 15.7. The summed E-state index contributed by atoms with van der Waals surface area (Å²) in [5.74, 6) is -1.16. The van der Waals surface area contributed by atoms with Crippen molar-refractivity contribution in [3.8, 4) is 0 Å². The lowest BCUT2D eigenvalue weighted by Gasteiger charge is -2.32. The molecule has 3 aromatic carbocycles. The molecule has 230 valence electrons. The predicted octanol–water partition coefficient (Wildman–Crippen LogP) is 6.34. The number of sulfonamides is 1. The average molecular weight is 636 g/mol. The van der Waals surface area contributed by atoms with E-state index in [0.29, 0.717) is 15.9 Å². The minimum atomic E-state index is -4.87. The van der Waals surface area contributed by atoms with Crippen molar-refractivity contribution < 1.29 is 31.2 Å². The molecule has 12 heteroatoms. The number of amides is 2. The summed E-state index contributed by atoms with van der Waals surface area (Å²) >= 11 is 5.82. The van der Waals surface area contributed by atoms with E-state index in [1.54, 1.807) is 56.3 Å². The number of nitrogens with one attached hydrogen (secondary N) is 1. The van der Waals surface area contributed by atoms with E-state index < -0.39 is 56.9 Å². The van der Waals surface area contributed by atoms with Crippen LogP contribution in [-0.2, 0) is 32.3 Å². The number of carbonyl (C=O) groups excluding carboxylic acids is 2. The van der Waals surface area contributed by atoms with Gasteiger partial charge in [0.2, 0.25) is 11.8 Å². The number of halogens is 4. The van der Waals surface area contributed by atoms with E-state index in [1.165, 1.54) is 17.0 Å². The number of nitrogens with zero attached hydrogens (tertiary/aromatic N) is 2. The molecule has 2 amide bonds. The average Bonchev–Trinajstić information content (AvgIpc) is 3.47. The third-order valence-corrected chi connectivity index (χ3v) is 9.61. The number of hydrogen-bond acceptors (Lipinski definition) is 4. The van der Waals surface area contributed by atoms with Crippen LogP contribution in [0.25, 0.3) is 0 Å². The molecule has 3 aromatic rings. The molecule has 1 saturated carbocycles. The quantitative estimate of drug-likeness (QED) is 0.282. The molecule has 1 atom stereocenters. The number of benzene rings is 3. The smallest absolute Gasteiger partial charge is 0.352 e. The van der Waals surface area contributed by atoms with Crippen LogP contribution < -0.4 is 9.62 Å². The predicted molar refractivity (Wildman–Crippen MR) is 159 cm³/mol. The molecule has 4 rings (SSSR count). The standard InChI is InChI=1S/C31H33ClF3N3O4S/c1-21-12-15-26(16-13-21)43(41,42)38(25-14-17-28(32)27(18-25)31(33,34)35)20-29(39)37(19-23-8-4-3-5-9-23)22(2)30(40)36-24-10-6-7-11-24/h3-5,8-9,12-18,22,24H,6-7,10-11,19-20H2,1-2H3,(H,36,40). The molecule has 1 N–H and O–H groups in total. The molecule has 43 heavy (non-hydrogen) atoms. The minimum Gasteiger partial charge on any atom is -0.352 e. The SMILES string of the molecule is Cc1ccc(S(=O)(=O)N(CC(=O)N(Cc2ccccc2)C(C)C(=O)NC2CCCC2)c2ccc(Cl)c(C(F)(F)F)c2)cc1. The molecule has 0 spiro atoms. The fourth-order valence-corrected chi connectivity index (χ4v) is 6.64. The van der Waals surface area contributed by atoms with Crippen molar-refractivity contribution in [2.24, 2.45) is 0 Å². The van der Waals surface area contributed by atoms with Crippen molar-refractivity contribution in [1.82, 2.24) is 10.2 Å². The molecule has 0 bridgehead atoms. The second-order valence-electron chi connectivity index (χ2n) is 10.7. The van der Waals surface area contributed by atoms with Gasteiger partial charge in [-0.2, -0.15) is 13.2 Å². The Balaban J connectivity index is 1.74. The molecule has 0 aromatic heterocycles. The summed E-state index contributed by atoms with van der Waals surface area (Å²) in [6.45, 7) is 2.43. The molecule has 1 fully saturated rings. The van der Waals surface area contributed by atoms with Crippen molar-refractivity contribution in [3.63, 3.8) is 0 Å². The van der Waals surface area contributed by atoms with Gasteiger partial charge in [-0.25, -0.2) is 8.42 Å². The van der Waals surface area contributed by atoms with Crippen LogP contribution in [0.1, 0.15) is 49.3 Å². The number of carbonyl (C=O) groups is 2. The first kappa shape index (κ1) is 32.3. The second-order valence-corrected chi connectivity index (χ2v) is 12.9. The highest BCUT2D eigenvalue weighted by atomic mass is 35.5. The second kappa shape index (κ2) is 13.4. The molecule has 1 unspecified atom stereocenters. The van der Waals surface area contributed by atoms with Crippen LogP contribution in [-0.4, -0.2) is 43.8 Å². The van der Waals surface area contributed by atoms with Gasteiger partial charge < -0.3 is 10.2 Å². The highest BCUT2D eigenvalue weighted by Crippen LogP contribution is 2.38. The maximum Gasteiger partial charge on any atom is 0.417 e. The van der Waals surface area contributed by atoms with Crippen LogP contribution in [0.5, 0.6) is 0 Å². The molecule has 0 saturated heterocycles. The Morgan fingerprint density at radius 2 is 1.63 bits per heavy atom. The van der Waals surface area contributed by atoms with Gasteiger partial charge in [-0.15, -0.1) is 0 Å². The third kappa shape index (κ3) is 7.88. The number of anilines is 1. The largest absolute Gasteiger partial charge is 0.417 e. The molecule has 0 aliphatic heterocycles. The Kier molecular flexibility index (Phi) is 10.1. The Morgan fingerprint density at radius 3 is 2.23 bits per heavy atom. The van der Waals surface area contributed by atoms with Crippen molar-refractivity contribution in [1.29, 1.82) is 0 Å². The number of rotatable bonds is 10. The van der Waals surface area contributed by atoms with Gasteiger partial charge in [0, 0.05) is 12.6 Å². The number of alkyl halides is 3. The summed E-state index contributed by atoms with van der Waals surface area (Å²) < 4.78 is 69.8. The molecular weight excluding hydrogens is 603 g/mol. The zero-order chi connectivity index (χ0) is 31.4. The van der Waals surface area contributed by atoms with Crippen LogP contribution in [0.4, 0.5) is 18.9 Å². The normalized spacial score (nSPS) is 14.7. The molecular formula is C31H33ClF3N3O4S. The Labute approximate surface area is 254 Å². The molecule has 1 aliphatic carbocycles. The number of hydrogen-bond donors (Lipinski definition) is 1. The van der Waals surface area contributed by atoms with Crippen LogP contribution in [0, 0.1) is 6.92 Å². The Morgan fingerprint density at radius 1 is 1.00 bits per heavy atom. The summed E-state index contributed by atoms with van der Waals surface area (Å²) in [6, 6.07) is 16.3. The molecule has 0 heterocycles. The fourth-order valence-electron chi connectivity index (χ4n) is 5.01. The van der Waals surface area contributed by atoms with Crippen molar-refractivity contribution in [2.75, 3.05) is 10.8 Å². The lowest BCUT2D eigenvalue weighted by molar-refractivity contribution is -0.139. The zero-order valence-corrected chi connectivity index (χ0v) is 25.3. The van der Waals surface area contributed by atoms with Crippen molar-refractivity contribution in [2.45, 2.75) is 69.2 Å². The Hall–Kier alpha value is -3.57. The molecule has 7 nitrogen and oxygen atoms in total. The third-order valence-electron chi connectivity index (χ3n) is 7.50. The highest BCUT2D eigenvalue weighted by molar-refractivity contribution is 7.92. The van der Waals surface area contributed by atoms with E-state index >= 15 is 0 Å². The summed E-state index contributed by atoms with van der Waals surface area (Å²) in [5, 5.41) is 2.36. The summed E-state index contributed by atoms with van der Waals surface area (Å²) in [4.78, 5) is 28.3. The maximum atomic E-state index is 14.0. The topological polar surface area (TPSA) is 86.8 Å². The highest BCUT2D eigenvalue weighted by Gasteiger charge is 2.37. The van der Waals surface area contributed by atoms with Gasteiger partial charge in [-0.05, 0) is 62.6 Å². The van der Waals surface area contributed by atoms with E-state index in [4.69, 9.17) is 11.6 Å². The van der Waals surface area contributed by atoms with Crippen LogP contribution in [0.15, 0.2) is 77.7 Å². The van der Waals surface area contributed by atoms with Crippen LogP contribution in [0.2, 0.25) is 5.02 Å². The van der Waals surface area contributed by atoms with Crippen molar-refractivity contribution >= 4 is 39.1 Å². The first-order valence-electron chi connectivity index (χ1n) is 13.9. The van der Waals surface area contributed by atoms with E-state index in [0.717, 1.165) is 43.4 Å². The van der Waals surface area contributed by atoms with E-state index in [2.05, 4.69) is 5.32 Å². The minimum absolute atomic E-state index is 0.0168. The van der Waals surface area contributed by atoms with Gasteiger partial charge in [0.15, 0.2) is 0 Å². The van der Waals surface area contributed by atoms with Gasteiger partial charge >= 0.3 is 6.18 Å². The van der Waals surface area contributed by atoms with Gasteiger partial charge in [0.25, 0.3) is 10.0 Å². The molecule has 1 aliphatic rings. The summed E-state index contributed by atoms with van der Waals surface area (Å²) in [7, 11) is -4.54. The molecule has 0 radical (unpaired) electrons. The maximum absolute atomic E-state index is 14.0.